The van der Waals surface area contributed by atoms with Crippen LogP contribution in [-0.2, 0) is 25.5 Å². The van der Waals surface area contributed by atoms with Gasteiger partial charge in [-0.05, 0) is 68.5 Å². The number of carbonyl (C=O) groups is 2. The van der Waals surface area contributed by atoms with Crippen LogP contribution in [0.1, 0.15) is 54.1 Å². The summed E-state index contributed by atoms with van der Waals surface area (Å²) in [6.07, 6.45) is 2.95. The molecule has 2 atom stereocenters. The van der Waals surface area contributed by atoms with Crippen molar-refractivity contribution in [2.75, 3.05) is 25.9 Å². The van der Waals surface area contributed by atoms with Gasteiger partial charge in [0.2, 0.25) is 0 Å². The second-order valence-corrected chi connectivity index (χ2v) is 11.0. The van der Waals surface area contributed by atoms with E-state index in [1.54, 1.807) is 29.2 Å². The first-order valence-corrected chi connectivity index (χ1v) is 13.8. The quantitative estimate of drug-likeness (QED) is 0.342. The van der Waals surface area contributed by atoms with E-state index in [9.17, 15) is 18.0 Å². The van der Waals surface area contributed by atoms with E-state index in [-0.39, 0.29) is 30.4 Å². The molecule has 0 radical (unpaired) electrons. The number of fused-ring (bicyclic) bond motifs is 1. The molecule has 4 rings (SSSR count). The van der Waals surface area contributed by atoms with Crippen molar-refractivity contribution < 1.29 is 26.9 Å². The number of piperazine rings is 1. The molecule has 2 aromatic carbocycles. The van der Waals surface area contributed by atoms with Gasteiger partial charge in [-0.2, -0.15) is 8.42 Å². The third kappa shape index (κ3) is 6.09. The molecule has 2 aliphatic rings. The van der Waals surface area contributed by atoms with Crippen molar-refractivity contribution in [1.29, 1.82) is 0 Å². The van der Waals surface area contributed by atoms with Crippen molar-refractivity contribution in [2.45, 2.75) is 51.3 Å². The predicted molar refractivity (Wildman–Crippen MR) is 132 cm³/mol. The fraction of sp³-hybridized carbons (Fsp3) is 0.462. The normalized spacial score (nSPS) is 21.0. The highest BCUT2D eigenvalue weighted by Crippen LogP contribution is 2.33. The largest absolute Gasteiger partial charge is 0.426 e. The molecule has 1 heterocycles. The highest BCUT2D eigenvalue weighted by molar-refractivity contribution is 7.86. The monoisotopic (exact) mass is 500 g/mol. The Balaban J connectivity index is 1.41. The zero-order valence-electron chi connectivity index (χ0n) is 20.3. The summed E-state index contributed by atoms with van der Waals surface area (Å²) in [5.41, 5.74) is 2.66. The van der Waals surface area contributed by atoms with Crippen LogP contribution in [0.25, 0.3) is 0 Å². The number of hydrogen-bond acceptors (Lipinski definition) is 7. The first kappa shape index (κ1) is 25.3. The van der Waals surface area contributed by atoms with Crippen LogP contribution >= 0.6 is 0 Å². The van der Waals surface area contributed by atoms with E-state index in [0.717, 1.165) is 31.1 Å². The summed E-state index contributed by atoms with van der Waals surface area (Å²) in [6, 6.07) is 14.5. The molecule has 2 unspecified atom stereocenters. The average molecular weight is 501 g/mol. The van der Waals surface area contributed by atoms with Gasteiger partial charge in [0.1, 0.15) is 12.0 Å². The number of benzene rings is 2. The number of amides is 1. The van der Waals surface area contributed by atoms with Crippen LogP contribution < -0.4 is 4.74 Å². The molecule has 0 spiro atoms. The van der Waals surface area contributed by atoms with E-state index in [1.807, 2.05) is 36.9 Å². The molecule has 35 heavy (non-hydrogen) atoms. The molecule has 1 fully saturated rings. The van der Waals surface area contributed by atoms with E-state index >= 15 is 0 Å². The maximum Gasteiger partial charge on any atom is 0.318 e. The lowest BCUT2D eigenvalue weighted by atomic mass is 9.83. The number of aryl methyl sites for hydroxylation is 1. The smallest absolute Gasteiger partial charge is 0.318 e. The fourth-order valence-electron chi connectivity index (χ4n) is 4.86. The summed E-state index contributed by atoms with van der Waals surface area (Å²) >= 11 is 0. The van der Waals surface area contributed by atoms with Gasteiger partial charge < -0.3 is 9.64 Å². The Morgan fingerprint density at radius 3 is 2.43 bits per heavy atom. The third-order valence-corrected chi connectivity index (χ3v) is 7.16. The van der Waals surface area contributed by atoms with Gasteiger partial charge in [-0.3, -0.25) is 14.5 Å². The van der Waals surface area contributed by atoms with Gasteiger partial charge in [0, 0.05) is 24.7 Å². The fourth-order valence-corrected chi connectivity index (χ4v) is 5.44. The van der Waals surface area contributed by atoms with Crippen molar-refractivity contribution in [3.8, 4) is 5.75 Å². The van der Waals surface area contributed by atoms with Crippen LogP contribution in [-0.4, -0.2) is 68.3 Å². The zero-order chi connectivity index (χ0) is 25.2. The molecule has 9 heteroatoms. The Morgan fingerprint density at radius 2 is 1.74 bits per heavy atom. The van der Waals surface area contributed by atoms with Crippen molar-refractivity contribution in [2.24, 2.45) is 0 Å². The van der Waals surface area contributed by atoms with Gasteiger partial charge in [-0.15, -0.1) is 0 Å². The lowest BCUT2D eigenvalue weighted by Crippen LogP contribution is -2.58. The minimum atomic E-state index is -3.68. The SMILES string of the molecule is CC(C)N1CCN(C(=O)c2ccc(OC(=O)C3CCCc4ccccc43)cc2)CC1OS(C)(=O)=O. The Morgan fingerprint density at radius 1 is 1.03 bits per heavy atom. The van der Waals surface area contributed by atoms with Gasteiger partial charge in [-0.25, -0.2) is 4.18 Å². The van der Waals surface area contributed by atoms with Crippen LogP contribution in [0.3, 0.4) is 0 Å². The maximum absolute atomic E-state index is 13.1. The van der Waals surface area contributed by atoms with Crippen molar-refractivity contribution in [3.63, 3.8) is 0 Å². The second-order valence-electron chi connectivity index (χ2n) is 9.43. The van der Waals surface area contributed by atoms with Crippen molar-refractivity contribution in [3.05, 3.63) is 65.2 Å². The standard InChI is InChI=1S/C26H32N2O6S/c1-18(2)28-16-15-27(17-24(28)34-35(3,31)32)25(29)20-11-13-21(14-12-20)33-26(30)23-10-6-8-19-7-4-5-9-22(19)23/h4-5,7,9,11-14,18,23-24H,6,8,10,15-17H2,1-3H3. The molecule has 8 nitrogen and oxygen atoms in total. The van der Waals surface area contributed by atoms with Gasteiger partial charge in [0.05, 0.1) is 18.7 Å². The highest BCUT2D eigenvalue weighted by Gasteiger charge is 2.34. The first-order valence-electron chi connectivity index (χ1n) is 11.9. The Labute approximate surface area is 206 Å². The van der Waals surface area contributed by atoms with Crippen LogP contribution in [0.15, 0.2) is 48.5 Å². The zero-order valence-corrected chi connectivity index (χ0v) is 21.2. The van der Waals surface area contributed by atoms with E-state index < -0.39 is 16.3 Å². The van der Waals surface area contributed by atoms with Crippen LogP contribution in [0, 0.1) is 0 Å². The van der Waals surface area contributed by atoms with E-state index in [2.05, 4.69) is 6.07 Å². The Bertz CT molecular complexity index is 1180. The minimum Gasteiger partial charge on any atom is -0.426 e. The molecule has 188 valence electrons. The van der Waals surface area contributed by atoms with Crippen LogP contribution in [0.5, 0.6) is 5.75 Å². The van der Waals surface area contributed by atoms with Crippen molar-refractivity contribution in [1.82, 2.24) is 9.80 Å². The van der Waals surface area contributed by atoms with E-state index in [4.69, 9.17) is 8.92 Å². The lowest BCUT2D eigenvalue weighted by Gasteiger charge is -2.42. The van der Waals surface area contributed by atoms with E-state index in [0.29, 0.717) is 24.4 Å². The molecule has 1 aliphatic carbocycles. The number of nitrogens with zero attached hydrogens (tertiary/aromatic N) is 2. The molecule has 2 aromatic rings. The second kappa shape index (κ2) is 10.5. The molecule has 1 saturated heterocycles. The predicted octanol–water partition coefficient (Wildman–Crippen LogP) is 3.18. The minimum absolute atomic E-state index is 0.0732. The number of hydrogen-bond donors (Lipinski definition) is 0. The molecule has 0 bridgehead atoms. The molecule has 0 N–H and O–H groups in total. The van der Waals surface area contributed by atoms with Crippen LogP contribution in [0.2, 0.25) is 0 Å². The number of carbonyl (C=O) groups excluding carboxylic acids is 2. The first-order chi connectivity index (χ1) is 16.6. The highest BCUT2D eigenvalue weighted by atomic mass is 32.2. The van der Waals surface area contributed by atoms with Gasteiger partial charge in [0.15, 0.2) is 0 Å². The molecule has 1 aliphatic heterocycles. The number of rotatable bonds is 6. The summed E-state index contributed by atoms with van der Waals surface area (Å²) in [5.74, 6) is -0.417. The number of ether oxygens (including phenoxy) is 1. The molecular formula is C26H32N2O6S. The summed E-state index contributed by atoms with van der Waals surface area (Å²) < 4.78 is 34.4. The molecule has 0 saturated carbocycles. The molecular weight excluding hydrogens is 468 g/mol. The Hall–Kier alpha value is -2.75. The number of esters is 1. The lowest BCUT2D eigenvalue weighted by molar-refractivity contribution is -0.136. The summed E-state index contributed by atoms with van der Waals surface area (Å²) in [5, 5.41) is 0. The maximum atomic E-state index is 13.1. The Kier molecular flexibility index (Phi) is 7.59. The topological polar surface area (TPSA) is 93.2 Å². The van der Waals surface area contributed by atoms with Gasteiger partial charge in [0.25, 0.3) is 16.0 Å². The van der Waals surface area contributed by atoms with Gasteiger partial charge >= 0.3 is 5.97 Å². The van der Waals surface area contributed by atoms with Crippen molar-refractivity contribution >= 4 is 22.0 Å². The third-order valence-electron chi connectivity index (χ3n) is 6.58. The van der Waals surface area contributed by atoms with Crippen LogP contribution in [0.4, 0.5) is 0 Å². The summed E-state index contributed by atoms with van der Waals surface area (Å²) in [6.45, 7) is 5.02. The van der Waals surface area contributed by atoms with E-state index in [1.165, 1.54) is 5.56 Å². The summed E-state index contributed by atoms with van der Waals surface area (Å²) in [4.78, 5) is 29.5. The molecule has 0 aromatic heterocycles. The summed E-state index contributed by atoms with van der Waals surface area (Å²) in [7, 11) is -3.68. The molecule has 1 amide bonds. The van der Waals surface area contributed by atoms with Gasteiger partial charge in [-0.1, -0.05) is 24.3 Å². The average Bonchev–Trinajstić information content (AvgIpc) is 2.82.